The number of nitrogens with two attached hydrogens (primary N) is 2. The van der Waals surface area contributed by atoms with Crippen molar-refractivity contribution in [1.82, 2.24) is 4.90 Å². The number of carbonyl (C=O) groups is 1. The first-order valence-corrected chi connectivity index (χ1v) is 6.47. The van der Waals surface area contributed by atoms with Gasteiger partial charge < -0.3 is 11.5 Å². The van der Waals surface area contributed by atoms with Gasteiger partial charge >= 0.3 is 0 Å². The van der Waals surface area contributed by atoms with E-state index in [1.807, 2.05) is 25.1 Å². The minimum atomic E-state index is -0.242. The number of amides is 1. The van der Waals surface area contributed by atoms with Crippen molar-refractivity contribution in [2.45, 2.75) is 37.9 Å². The Balaban J connectivity index is 2.28. The van der Waals surface area contributed by atoms with Gasteiger partial charge in [0.25, 0.3) is 0 Å². The first-order chi connectivity index (χ1) is 8.61. The average Bonchev–Trinajstić information content (AvgIpc) is 2.79. The number of hydrogen-bond acceptors (Lipinski definition) is 3. The normalized spacial score (nSPS) is 23.8. The van der Waals surface area contributed by atoms with Crippen LogP contribution in [-0.4, -0.2) is 29.4 Å². The van der Waals surface area contributed by atoms with Gasteiger partial charge in [0.05, 0.1) is 12.1 Å². The smallest absolute Gasteiger partial charge is 0.234 e. The molecule has 1 fully saturated rings. The fourth-order valence-electron chi connectivity index (χ4n) is 2.87. The van der Waals surface area contributed by atoms with Gasteiger partial charge in [0.1, 0.15) is 0 Å². The SMILES string of the molecule is CC(N)C(c1ccccc1)N1CCCC1C(N)=O. The molecule has 0 saturated carbocycles. The zero-order valence-electron chi connectivity index (χ0n) is 10.8. The Labute approximate surface area is 108 Å². The molecule has 4 heteroatoms. The van der Waals surface area contributed by atoms with Gasteiger partial charge in [-0.15, -0.1) is 0 Å². The summed E-state index contributed by atoms with van der Waals surface area (Å²) in [6.07, 6.45) is 1.84. The molecule has 4 nitrogen and oxygen atoms in total. The number of carbonyl (C=O) groups excluding carboxylic acids is 1. The third-order valence-corrected chi connectivity index (χ3v) is 3.62. The average molecular weight is 247 g/mol. The summed E-state index contributed by atoms with van der Waals surface area (Å²) in [6.45, 7) is 2.86. The fraction of sp³-hybridized carbons (Fsp3) is 0.500. The molecule has 4 N–H and O–H groups in total. The van der Waals surface area contributed by atoms with Crippen LogP contribution in [0.25, 0.3) is 0 Å². The highest BCUT2D eigenvalue weighted by atomic mass is 16.1. The molecule has 3 atom stereocenters. The van der Waals surface area contributed by atoms with Gasteiger partial charge in [-0.2, -0.15) is 0 Å². The van der Waals surface area contributed by atoms with Gasteiger partial charge in [-0.25, -0.2) is 0 Å². The van der Waals surface area contributed by atoms with Crippen molar-refractivity contribution in [1.29, 1.82) is 0 Å². The molecule has 0 bridgehead atoms. The van der Waals surface area contributed by atoms with Crippen LogP contribution < -0.4 is 11.5 Å². The second kappa shape index (κ2) is 5.50. The minimum Gasteiger partial charge on any atom is -0.368 e. The summed E-state index contributed by atoms with van der Waals surface area (Å²) in [5.41, 5.74) is 12.8. The van der Waals surface area contributed by atoms with E-state index in [4.69, 9.17) is 11.5 Å². The second-order valence-corrected chi connectivity index (χ2v) is 5.01. The zero-order chi connectivity index (χ0) is 13.1. The van der Waals surface area contributed by atoms with Crippen LogP contribution in [0.3, 0.4) is 0 Å². The highest BCUT2D eigenvalue weighted by Gasteiger charge is 2.36. The molecule has 1 aliphatic rings. The van der Waals surface area contributed by atoms with E-state index in [-0.39, 0.29) is 24.0 Å². The third-order valence-electron chi connectivity index (χ3n) is 3.62. The van der Waals surface area contributed by atoms with Gasteiger partial charge in [-0.05, 0) is 31.9 Å². The Bertz CT molecular complexity index is 405. The molecule has 98 valence electrons. The summed E-state index contributed by atoms with van der Waals surface area (Å²) in [7, 11) is 0. The Morgan fingerprint density at radius 3 is 2.61 bits per heavy atom. The molecule has 1 aliphatic heterocycles. The summed E-state index contributed by atoms with van der Waals surface area (Å²) in [6, 6.07) is 9.95. The number of nitrogens with zero attached hydrogens (tertiary/aromatic N) is 1. The van der Waals surface area contributed by atoms with E-state index in [1.54, 1.807) is 0 Å². The van der Waals surface area contributed by atoms with Gasteiger partial charge in [0, 0.05) is 6.04 Å². The van der Waals surface area contributed by atoms with Crippen molar-refractivity contribution < 1.29 is 4.79 Å². The highest BCUT2D eigenvalue weighted by molar-refractivity contribution is 5.80. The monoisotopic (exact) mass is 247 g/mol. The van der Waals surface area contributed by atoms with E-state index in [2.05, 4.69) is 17.0 Å². The molecule has 0 radical (unpaired) electrons. The van der Waals surface area contributed by atoms with E-state index in [9.17, 15) is 4.79 Å². The van der Waals surface area contributed by atoms with Crippen LogP contribution >= 0.6 is 0 Å². The molecule has 3 unspecified atom stereocenters. The lowest BCUT2D eigenvalue weighted by molar-refractivity contribution is -0.123. The van der Waals surface area contributed by atoms with E-state index >= 15 is 0 Å². The number of likely N-dealkylation sites (tertiary alicyclic amines) is 1. The van der Waals surface area contributed by atoms with Crippen LogP contribution in [-0.2, 0) is 4.79 Å². The summed E-state index contributed by atoms with van der Waals surface area (Å²) < 4.78 is 0. The van der Waals surface area contributed by atoms with E-state index < -0.39 is 0 Å². The van der Waals surface area contributed by atoms with Gasteiger partial charge in [-0.1, -0.05) is 30.3 Å². The first kappa shape index (κ1) is 13.1. The van der Waals surface area contributed by atoms with Gasteiger partial charge in [-0.3, -0.25) is 9.69 Å². The largest absolute Gasteiger partial charge is 0.368 e. The second-order valence-electron chi connectivity index (χ2n) is 5.01. The first-order valence-electron chi connectivity index (χ1n) is 6.47. The lowest BCUT2D eigenvalue weighted by atomic mass is 9.98. The molecule has 0 aromatic heterocycles. The van der Waals surface area contributed by atoms with E-state index in [1.165, 1.54) is 0 Å². The van der Waals surface area contributed by atoms with Crippen molar-refractivity contribution in [3.05, 3.63) is 35.9 Å². The maximum atomic E-state index is 11.5. The van der Waals surface area contributed by atoms with Crippen LogP contribution in [0.2, 0.25) is 0 Å². The van der Waals surface area contributed by atoms with E-state index in [0.29, 0.717) is 0 Å². The summed E-state index contributed by atoms with van der Waals surface area (Å²) in [4.78, 5) is 13.7. The summed E-state index contributed by atoms with van der Waals surface area (Å²) in [5.74, 6) is -0.242. The zero-order valence-corrected chi connectivity index (χ0v) is 10.8. The fourth-order valence-corrected chi connectivity index (χ4v) is 2.87. The quantitative estimate of drug-likeness (QED) is 0.834. The van der Waals surface area contributed by atoms with Crippen LogP contribution in [0.15, 0.2) is 30.3 Å². The maximum Gasteiger partial charge on any atom is 0.234 e. The van der Waals surface area contributed by atoms with Crippen LogP contribution in [0.4, 0.5) is 0 Å². The lowest BCUT2D eigenvalue weighted by Crippen LogP contribution is -2.47. The molecule has 1 amide bonds. The molecule has 2 rings (SSSR count). The Morgan fingerprint density at radius 2 is 2.06 bits per heavy atom. The van der Waals surface area contributed by atoms with E-state index in [0.717, 1.165) is 24.9 Å². The molecule has 0 spiro atoms. The number of hydrogen-bond donors (Lipinski definition) is 2. The van der Waals surface area contributed by atoms with Crippen molar-refractivity contribution in [2.75, 3.05) is 6.54 Å². The molecular formula is C14H21N3O. The van der Waals surface area contributed by atoms with Gasteiger partial charge in [0.15, 0.2) is 0 Å². The van der Waals surface area contributed by atoms with Crippen LogP contribution in [0.5, 0.6) is 0 Å². The predicted octanol–water partition coefficient (Wildman–Crippen LogP) is 1.02. The number of rotatable bonds is 4. The Hall–Kier alpha value is -1.39. The Kier molecular flexibility index (Phi) is 3.99. The topological polar surface area (TPSA) is 72.3 Å². The molecule has 18 heavy (non-hydrogen) atoms. The molecule has 1 aromatic rings. The Morgan fingerprint density at radius 1 is 1.39 bits per heavy atom. The van der Waals surface area contributed by atoms with Crippen molar-refractivity contribution in [3.8, 4) is 0 Å². The van der Waals surface area contributed by atoms with Crippen LogP contribution in [0, 0.1) is 0 Å². The lowest BCUT2D eigenvalue weighted by Gasteiger charge is -2.34. The van der Waals surface area contributed by atoms with Crippen molar-refractivity contribution in [2.24, 2.45) is 11.5 Å². The molecular weight excluding hydrogens is 226 g/mol. The highest BCUT2D eigenvalue weighted by Crippen LogP contribution is 2.31. The molecule has 0 aliphatic carbocycles. The van der Waals surface area contributed by atoms with Crippen molar-refractivity contribution in [3.63, 3.8) is 0 Å². The van der Waals surface area contributed by atoms with Crippen LogP contribution in [0.1, 0.15) is 31.4 Å². The third kappa shape index (κ3) is 2.54. The minimum absolute atomic E-state index is 0.0349. The maximum absolute atomic E-state index is 11.5. The van der Waals surface area contributed by atoms with Gasteiger partial charge in [0.2, 0.25) is 5.91 Å². The number of primary amides is 1. The molecule has 1 saturated heterocycles. The predicted molar refractivity (Wildman–Crippen MR) is 71.8 cm³/mol. The summed E-state index contributed by atoms with van der Waals surface area (Å²) >= 11 is 0. The standard InChI is InChI=1S/C14H21N3O/c1-10(15)13(11-6-3-2-4-7-11)17-9-5-8-12(17)14(16)18/h2-4,6-7,10,12-13H,5,8-9,15H2,1H3,(H2,16,18). The number of benzene rings is 1. The van der Waals surface area contributed by atoms with Crippen molar-refractivity contribution >= 4 is 5.91 Å². The summed E-state index contributed by atoms with van der Waals surface area (Å²) in [5, 5.41) is 0. The molecule has 1 heterocycles. The molecule has 1 aromatic carbocycles.